The van der Waals surface area contributed by atoms with Gasteiger partial charge < -0.3 is 14.7 Å². The fraction of sp³-hybridized carbons (Fsp3) is 0.241. The van der Waals surface area contributed by atoms with Crippen LogP contribution in [-0.2, 0) is 9.59 Å². The Morgan fingerprint density at radius 1 is 1.00 bits per heavy atom. The van der Waals surface area contributed by atoms with Crippen LogP contribution in [0.5, 0.6) is 5.75 Å². The molecular weight excluding hydrogens is 440 g/mol. The number of rotatable bonds is 7. The van der Waals surface area contributed by atoms with Crippen LogP contribution in [0.25, 0.3) is 5.76 Å². The van der Waals surface area contributed by atoms with Crippen molar-refractivity contribution in [1.29, 1.82) is 0 Å². The van der Waals surface area contributed by atoms with Gasteiger partial charge in [0.1, 0.15) is 11.5 Å². The third kappa shape index (κ3) is 4.64. The zero-order chi connectivity index (χ0) is 25.1. The topological polar surface area (TPSA) is 70.1 Å². The van der Waals surface area contributed by atoms with E-state index in [2.05, 4.69) is 0 Å². The van der Waals surface area contributed by atoms with Crippen LogP contribution < -0.4 is 14.5 Å². The number of ether oxygens (including phenoxy) is 1. The van der Waals surface area contributed by atoms with E-state index in [1.165, 1.54) is 4.90 Å². The Hall–Kier alpha value is -4.06. The highest BCUT2D eigenvalue weighted by molar-refractivity contribution is 6.51. The Balaban J connectivity index is 1.84. The Kier molecular flexibility index (Phi) is 6.92. The molecular formula is C29H30N2O4. The molecule has 0 radical (unpaired) electrons. The number of aliphatic hydroxyl groups is 1. The van der Waals surface area contributed by atoms with Crippen molar-refractivity contribution in [2.45, 2.75) is 26.3 Å². The van der Waals surface area contributed by atoms with E-state index in [4.69, 9.17) is 4.74 Å². The van der Waals surface area contributed by atoms with Crippen LogP contribution in [0.15, 0.2) is 78.4 Å². The number of carbonyl (C=O) groups is 2. The number of carbonyl (C=O) groups excluding carboxylic acids is 2. The Morgan fingerprint density at radius 2 is 1.69 bits per heavy atom. The summed E-state index contributed by atoms with van der Waals surface area (Å²) in [5.74, 6) is -0.853. The molecule has 4 rings (SSSR count). The van der Waals surface area contributed by atoms with E-state index in [0.29, 0.717) is 17.9 Å². The van der Waals surface area contributed by atoms with Gasteiger partial charge >= 0.3 is 0 Å². The van der Waals surface area contributed by atoms with E-state index in [-0.39, 0.29) is 11.3 Å². The number of Topliss-reactive ketones (excluding diaryl/α,β-unsaturated/α-hetero) is 1. The molecule has 1 saturated heterocycles. The number of benzene rings is 3. The van der Waals surface area contributed by atoms with Gasteiger partial charge in [0.05, 0.1) is 18.2 Å². The van der Waals surface area contributed by atoms with Gasteiger partial charge in [-0.05, 0) is 66.9 Å². The molecule has 35 heavy (non-hydrogen) atoms. The molecule has 1 unspecified atom stereocenters. The molecule has 3 aromatic rings. The van der Waals surface area contributed by atoms with Crippen molar-refractivity contribution in [3.63, 3.8) is 0 Å². The first-order valence-electron chi connectivity index (χ1n) is 11.7. The summed E-state index contributed by atoms with van der Waals surface area (Å²) in [6, 6.07) is 21.3. The van der Waals surface area contributed by atoms with Gasteiger partial charge in [0.15, 0.2) is 0 Å². The molecule has 0 bridgehead atoms. The fourth-order valence-corrected chi connectivity index (χ4v) is 4.29. The summed E-state index contributed by atoms with van der Waals surface area (Å²) in [7, 11) is 3.87. The van der Waals surface area contributed by atoms with Crippen molar-refractivity contribution in [1.82, 2.24) is 0 Å². The number of aliphatic hydroxyl groups excluding tert-OH is 1. The summed E-state index contributed by atoms with van der Waals surface area (Å²) >= 11 is 0. The Morgan fingerprint density at radius 3 is 2.29 bits per heavy atom. The van der Waals surface area contributed by atoms with Gasteiger partial charge in [-0.25, -0.2) is 0 Å². The van der Waals surface area contributed by atoms with Crippen molar-refractivity contribution < 1.29 is 19.4 Å². The lowest BCUT2D eigenvalue weighted by molar-refractivity contribution is -0.132. The Bertz CT molecular complexity index is 1260. The molecule has 0 spiro atoms. The zero-order valence-electron chi connectivity index (χ0n) is 20.5. The fourth-order valence-electron chi connectivity index (χ4n) is 4.29. The highest BCUT2D eigenvalue weighted by atomic mass is 16.5. The summed E-state index contributed by atoms with van der Waals surface area (Å²) in [6.45, 7) is 4.52. The van der Waals surface area contributed by atoms with Crippen molar-refractivity contribution in [3.8, 4) is 5.75 Å². The second-order valence-electron chi connectivity index (χ2n) is 8.82. The molecule has 1 N–H and O–H groups in total. The lowest BCUT2D eigenvalue weighted by atomic mass is 9.94. The smallest absolute Gasteiger partial charge is 0.300 e. The highest BCUT2D eigenvalue weighted by Crippen LogP contribution is 2.42. The van der Waals surface area contributed by atoms with Crippen molar-refractivity contribution in [2.24, 2.45) is 0 Å². The minimum atomic E-state index is -0.752. The van der Waals surface area contributed by atoms with Gasteiger partial charge in [0, 0.05) is 31.0 Å². The Labute approximate surface area is 206 Å². The van der Waals surface area contributed by atoms with Gasteiger partial charge in [-0.3, -0.25) is 14.5 Å². The monoisotopic (exact) mass is 470 g/mol. The van der Waals surface area contributed by atoms with Gasteiger partial charge in [-0.15, -0.1) is 0 Å². The predicted molar refractivity (Wildman–Crippen MR) is 139 cm³/mol. The number of anilines is 2. The molecule has 1 heterocycles. The maximum atomic E-state index is 13.3. The summed E-state index contributed by atoms with van der Waals surface area (Å²) in [4.78, 5) is 30.0. The molecule has 6 nitrogen and oxygen atoms in total. The number of ketones is 1. The highest BCUT2D eigenvalue weighted by Gasteiger charge is 2.46. The average Bonchev–Trinajstić information content (AvgIpc) is 3.13. The normalized spacial score (nSPS) is 17.0. The predicted octanol–water partition coefficient (Wildman–Crippen LogP) is 5.48. The summed E-state index contributed by atoms with van der Waals surface area (Å²) in [6.07, 6.45) is 0.886. The first-order valence-corrected chi connectivity index (χ1v) is 11.7. The number of nitrogens with zero attached hydrogens (tertiary/aromatic N) is 2. The number of hydrogen-bond donors (Lipinski definition) is 1. The average molecular weight is 471 g/mol. The molecule has 6 heteroatoms. The summed E-state index contributed by atoms with van der Waals surface area (Å²) < 4.78 is 5.75. The third-order valence-corrected chi connectivity index (χ3v) is 6.11. The summed E-state index contributed by atoms with van der Waals surface area (Å²) in [5.41, 5.74) is 3.68. The van der Waals surface area contributed by atoms with Crippen LogP contribution in [0.3, 0.4) is 0 Å². The molecule has 0 saturated carbocycles. The minimum Gasteiger partial charge on any atom is -0.507 e. The quantitative estimate of drug-likeness (QED) is 0.281. The first kappa shape index (κ1) is 24.1. The molecule has 3 aromatic carbocycles. The number of amides is 1. The second-order valence-corrected chi connectivity index (χ2v) is 8.82. The lowest BCUT2D eigenvalue weighted by Crippen LogP contribution is -2.29. The van der Waals surface area contributed by atoms with E-state index < -0.39 is 17.7 Å². The zero-order valence-corrected chi connectivity index (χ0v) is 20.5. The SMILES string of the molecule is CCCOc1ccc(/C(O)=C2/C(=O)C(=O)N(c3ccc(N(C)C)cc3)C2c2ccccc2)cc1C. The van der Waals surface area contributed by atoms with Crippen LogP contribution in [-0.4, -0.2) is 37.5 Å². The molecule has 0 aliphatic carbocycles. The third-order valence-electron chi connectivity index (χ3n) is 6.11. The minimum absolute atomic E-state index is 0.0690. The molecule has 1 atom stereocenters. The van der Waals surface area contributed by atoms with E-state index in [1.807, 2.05) is 87.4 Å². The second kappa shape index (κ2) is 10.1. The van der Waals surface area contributed by atoms with E-state index in [0.717, 1.165) is 29.0 Å². The largest absolute Gasteiger partial charge is 0.507 e. The molecule has 1 aliphatic rings. The lowest BCUT2D eigenvalue weighted by Gasteiger charge is -2.26. The van der Waals surface area contributed by atoms with Gasteiger partial charge in [0.25, 0.3) is 11.7 Å². The van der Waals surface area contributed by atoms with Crippen LogP contribution in [0, 0.1) is 6.92 Å². The summed E-state index contributed by atoms with van der Waals surface area (Å²) in [5, 5.41) is 11.3. The van der Waals surface area contributed by atoms with Gasteiger partial charge in [-0.1, -0.05) is 37.3 Å². The van der Waals surface area contributed by atoms with Crippen LogP contribution in [0.4, 0.5) is 11.4 Å². The van der Waals surface area contributed by atoms with Crippen molar-refractivity contribution in [3.05, 3.63) is 95.1 Å². The number of aryl methyl sites for hydroxylation is 1. The van der Waals surface area contributed by atoms with E-state index in [1.54, 1.807) is 18.2 Å². The van der Waals surface area contributed by atoms with Gasteiger partial charge in [-0.2, -0.15) is 0 Å². The van der Waals surface area contributed by atoms with E-state index >= 15 is 0 Å². The molecule has 1 aliphatic heterocycles. The molecule has 180 valence electrons. The van der Waals surface area contributed by atoms with Crippen LogP contribution in [0.2, 0.25) is 0 Å². The van der Waals surface area contributed by atoms with Crippen LogP contribution >= 0.6 is 0 Å². The molecule has 1 amide bonds. The van der Waals surface area contributed by atoms with E-state index in [9.17, 15) is 14.7 Å². The number of hydrogen-bond acceptors (Lipinski definition) is 5. The maximum Gasteiger partial charge on any atom is 0.300 e. The maximum absolute atomic E-state index is 13.3. The molecule has 0 aromatic heterocycles. The van der Waals surface area contributed by atoms with Crippen LogP contribution in [0.1, 0.15) is 36.1 Å². The first-order chi connectivity index (χ1) is 16.8. The van der Waals surface area contributed by atoms with Crippen molar-refractivity contribution in [2.75, 3.05) is 30.5 Å². The standard InChI is InChI=1S/C29H30N2O4/c1-5-17-35-24-16-11-21(18-19(24)2)27(32)25-26(20-9-7-6-8-10-20)31(29(34)28(25)33)23-14-12-22(13-15-23)30(3)4/h6-16,18,26,32H,5,17H2,1-4H3/b27-25-. The molecule has 1 fully saturated rings. The van der Waals surface area contributed by atoms with Crippen molar-refractivity contribution >= 4 is 28.8 Å². The van der Waals surface area contributed by atoms with Gasteiger partial charge in [0.2, 0.25) is 0 Å².